The van der Waals surface area contributed by atoms with Gasteiger partial charge in [0.2, 0.25) is 0 Å². The zero-order valence-corrected chi connectivity index (χ0v) is 16.1. The molecular weight excluding hydrogens is 378 g/mol. The van der Waals surface area contributed by atoms with E-state index in [1.807, 2.05) is 25.1 Å². The molecule has 8 heteroatoms. The summed E-state index contributed by atoms with van der Waals surface area (Å²) in [7, 11) is 0. The molecule has 0 saturated heterocycles. The number of ether oxygens (including phenoxy) is 1. The van der Waals surface area contributed by atoms with Gasteiger partial charge in [0.1, 0.15) is 12.0 Å². The Balaban J connectivity index is 1.48. The molecule has 7 nitrogen and oxygen atoms in total. The number of nitrogens with zero attached hydrogens (tertiary/aromatic N) is 2. The summed E-state index contributed by atoms with van der Waals surface area (Å²) in [6, 6.07) is 8.88. The maximum atomic E-state index is 13.0. The molecule has 3 aromatic rings. The number of thiazole rings is 1. The summed E-state index contributed by atoms with van der Waals surface area (Å²) < 4.78 is 10.5. The molecule has 0 unspecified atom stereocenters. The van der Waals surface area contributed by atoms with E-state index in [0.717, 1.165) is 10.6 Å². The van der Waals surface area contributed by atoms with Crippen LogP contribution >= 0.6 is 11.3 Å². The van der Waals surface area contributed by atoms with Crippen molar-refractivity contribution >= 4 is 28.3 Å². The summed E-state index contributed by atoms with van der Waals surface area (Å²) in [6.45, 7) is 3.44. The summed E-state index contributed by atoms with van der Waals surface area (Å²) in [5.74, 6) is 0.267. The quantitative estimate of drug-likeness (QED) is 0.711. The molecule has 28 heavy (non-hydrogen) atoms. The summed E-state index contributed by atoms with van der Waals surface area (Å²) in [5, 5.41) is 3.32. The van der Waals surface area contributed by atoms with Gasteiger partial charge in [-0.05, 0) is 25.1 Å². The number of fused-ring (bicyclic) bond motifs is 1. The van der Waals surface area contributed by atoms with Gasteiger partial charge in [-0.15, -0.1) is 0 Å². The summed E-state index contributed by atoms with van der Waals surface area (Å²) in [4.78, 5) is 32.4. The molecule has 0 fully saturated rings. The van der Waals surface area contributed by atoms with Crippen molar-refractivity contribution in [3.05, 3.63) is 64.6 Å². The zero-order chi connectivity index (χ0) is 19.5. The van der Waals surface area contributed by atoms with Crippen LogP contribution in [-0.2, 0) is 13.0 Å². The average molecular weight is 397 g/mol. The Bertz CT molecular complexity index is 997. The molecule has 0 bridgehead atoms. The highest BCUT2D eigenvalue weighted by Gasteiger charge is 2.27. The monoisotopic (exact) mass is 397 g/mol. The standard InChI is InChI=1S/C20H19N3O4S/c1-2-27-16-6-4-3-5-14(16)19(25)23-9-7-15-17(11-23)28-20(21-15)22-18(24)13-8-10-26-12-13/h3-6,8,10,12H,2,7,9,11H2,1H3,(H,21,22,24). The highest BCUT2D eigenvalue weighted by molar-refractivity contribution is 7.15. The Morgan fingerprint density at radius 3 is 2.96 bits per heavy atom. The second-order valence-corrected chi connectivity index (χ2v) is 7.34. The summed E-state index contributed by atoms with van der Waals surface area (Å²) >= 11 is 1.39. The SMILES string of the molecule is CCOc1ccccc1C(=O)N1CCc2nc(NC(=O)c3ccoc3)sc2C1. The lowest BCUT2D eigenvalue weighted by Crippen LogP contribution is -2.35. The van der Waals surface area contributed by atoms with Crippen molar-refractivity contribution in [1.29, 1.82) is 0 Å². The van der Waals surface area contributed by atoms with Gasteiger partial charge in [0.15, 0.2) is 5.13 Å². The Labute approximate surface area is 165 Å². The molecule has 1 aliphatic rings. The molecule has 3 heterocycles. The number of amides is 2. The lowest BCUT2D eigenvalue weighted by molar-refractivity contribution is 0.0732. The predicted octanol–water partition coefficient (Wildman–Crippen LogP) is 3.59. The van der Waals surface area contributed by atoms with Crippen molar-refractivity contribution in [2.45, 2.75) is 19.9 Å². The smallest absolute Gasteiger partial charge is 0.260 e. The van der Waals surface area contributed by atoms with Gasteiger partial charge in [0.25, 0.3) is 11.8 Å². The molecule has 1 aliphatic heterocycles. The lowest BCUT2D eigenvalue weighted by atomic mass is 10.1. The van der Waals surface area contributed by atoms with Gasteiger partial charge in [-0.25, -0.2) is 4.98 Å². The van der Waals surface area contributed by atoms with Gasteiger partial charge in [-0.2, -0.15) is 0 Å². The number of anilines is 1. The maximum absolute atomic E-state index is 13.0. The van der Waals surface area contributed by atoms with Crippen LogP contribution in [0.4, 0.5) is 5.13 Å². The van der Waals surface area contributed by atoms with E-state index in [4.69, 9.17) is 9.15 Å². The topological polar surface area (TPSA) is 84.7 Å². The van der Waals surface area contributed by atoms with Gasteiger partial charge >= 0.3 is 0 Å². The fourth-order valence-corrected chi connectivity index (χ4v) is 4.10. The van der Waals surface area contributed by atoms with Crippen molar-refractivity contribution in [3.8, 4) is 5.75 Å². The highest BCUT2D eigenvalue weighted by atomic mass is 32.1. The van der Waals surface area contributed by atoms with E-state index in [1.165, 1.54) is 23.9 Å². The van der Waals surface area contributed by atoms with E-state index >= 15 is 0 Å². The van der Waals surface area contributed by atoms with Crippen molar-refractivity contribution in [1.82, 2.24) is 9.88 Å². The minimum absolute atomic E-state index is 0.0629. The Morgan fingerprint density at radius 1 is 1.32 bits per heavy atom. The second kappa shape index (κ2) is 7.85. The number of rotatable bonds is 5. The Hall–Kier alpha value is -3.13. The molecule has 144 valence electrons. The predicted molar refractivity (Wildman–Crippen MR) is 105 cm³/mol. The number of carbonyl (C=O) groups excluding carboxylic acids is 2. The minimum atomic E-state index is -0.265. The minimum Gasteiger partial charge on any atom is -0.493 e. The number of para-hydroxylation sites is 1. The summed E-state index contributed by atoms with van der Waals surface area (Å²) in [5.41, 5.74) is 1.93. The first-order chi connectivity index (χ1) is 13.7. The number of benzene rings is 1. The lowest BCUT2D eigenvalue weighted by Gasteiger charge is -2.26. The normalized spacial score (nSPS) is 13.1. The van der Waals surface area contributed by atoms with E-state index in [2.05, 4.69) is 10.3 Å². The number of furan rings is 1. The average Bonchev–Trinajstić information content (AvgIpc) is 3.37. The fourth-order valence-electron chi connectivity index (χ4n) is 3.08. The third kappa shape index (κ3) is 3.63. The van der Waals surface area contributed by atoms with Gasteiger partial charge in [0, 0.05) is 17.8 Å². The number of aromatic nitrogens is 1. The highest BCUT2D eigenvalue weighted by Crippen LogP contribution is 2.30. The molecule has 0 atom stereocenters. The van der Waals surface area contributed by atoms with Crippen LogP contribution in [0.1, 0.15) is 38.2 Å². The molecule has 2 aromatic heterocycles. The number of nitrogens with one attached hydrogen (secondary N) is 1. The molecule has 1 N–H and O–H groups in total. The van der Waals surface area contributed by atoms with E-state index in [9.17, 15) is 9.59 Å². The van der Waals surface area contributed by atoms with Crippen LogP contribution in [0.25, 0.3) is 0 Å². The molecule has 0 radical (unpaired) electrons. The van der Waals surface area contributed by atoms with Crippen LogP contribution in [0, 0.1) is 0 Å². The van der Waals surface area contributed by atoms with Crippen molar-refractivity contribution in [2.24, 2.45) is 0 Å². The van der Waals surface area contributed by atoms with Crippen molar-refractivity contribution in [3.63, 3.8) is 0 Å². The largest absolute Gasteiger partial charge is 0.493 e. The number of carbonyl (C=O) groups is 2. The first-order valence-corrected chi connectivity index (χ1v) is 9.80. The molecule has 2 amide bonds. The molecule has 4 rings (SSSR count). The molecule has 0 aliphatic carbocycles. The van der Waals surface area contributed by atoms with Crippen LogP contribution in [0.15, 0.2) is 47.3 Å². The Kier molecular flexibility index (Phi) is 5.12. The van der Waals surface area contributed by atoms with E-state index < -0.39 is 0 Å². The fraction of sp³-hybridized carbons (Fsp3) is 0.250. The van der Waals surface area contributed by atoms with Crippen LogP contribution in [0.5, 0.6) is 5.75 Å². The van der Waals surface area contributed by atoms with E-state index in [1.54, 1.807) is 17.0 Å². The van der Waals surface area contributed by atoms with Gasteiger partial charge in [-0.1, -0.05) is 23.5 Å². The number of hydrogen-bond acceptors (Lipinski definition) is 6. The maximum Gasteiger partial charge on any atom is 0.260 e. The first kappa shape index (κ1) is 18.2. The van der Waals surface area contributed by atoms with Gasteiger partial charge < -0.3 is 14.1 Å². The Morgan fingerprint density at radius 2 is 2.18 bits per heavy atom. The van der Waals surface area contributed by atoms with Crippen LogP contribution in [0.3, 0.4) is 0 Å². The van der Waals surface area contributed by atoms with Crippen molar-refractivity contribution in [2.75, 3.05) is 18.5 Å². The molecule has 0 spiro atoms. The second-order valence-electron chi connectivity index (χ2n) is 6.26. The first-order valence-electron chi connectivity index (χ1n) is 8.99. The molecule has 0 saturated carbocycles. The third-order valence-electron chi connectivity index (χ3n) is 4.44. The van der Waals surface area contributed by atoms with Crippen LogP contribution < -0.4 is 10.1 Å². The van der Waals surface area contributed by atoms with E-state index in [-0.39, 0.29) is 11.8 Å². The van der Waals surface area contributed by atoms with Crippen LogP contribution in [-0.4, -0.2) is 34.8 Å². The zero-order valence-electron chi connectivity index (χ0n) is 15.3. The molecular formula is C20H19N3O4S. The van der Waals surface area contributed by atoms with Crippen molar-refractivity contribution < 1.29 is 18.7 Å². The third-order valence-corrected chi connectivity index (χ3v) is 5.44. The summed E-state index contributed by atoms with van der Waals surface area (Å²) in [6.07, 6.45) is 3.49. The van der Waals surface area contributed by atoms with Gasteiger partial charge in [0.05, 0.1) is 36.2 Å². The number of hydrogen-bond donors (Lipinski definition) is 1. The molecule has 1 aromatic carbocycles. The van der Waals surface area contributed by atoms with E-state index in [0.29, 0.717) is 48.1 Å². The van der Waals surface area contributed by atoms with Crippen LogP contribution in [0.2, 0.25) is 0 Å². The van der Waals surface area contributed by atoms with Gasteiger partial charge in [-0.3, -0.25) is 14.9 Å².